The molecule has 1 aromatic carbocycles. The van der Waals surface area contributed by atoms with Gasteiger partial charge in [0.15, 0.2) is 0 Å². The molecule has 1 heterocycles. The van der Waals surface area contributed by atoms with E-state index in [2.05, 4.69) is 13.8 Å². The highest BCUT2D eigenvalue weighted by molar-refractivity contribution is 6.44. The van der Waals surface area contributed by atoms with E-state index in [9.17, 15) is 14.9 Å². The van der Waals surface area contributed by atoms with E-state index in [1.807, 2.05) is 0 Å². The molecule has 1 fully saturated rings. The number of nitrogens with zero attached hydrogens (tertiary/aromatic N) is 2. The Morgan fingerprint density at radius 2 is 1.86 bits per heavy atom. The zero-order valence-corrected chi connectivity index (χ0v) is 13.4. The van der Waals surface area contributed by atoms with E-state index in [-0.39, 0.29) is 32.6 Å². The number of hydrogen-bond acceptors (Lipinski definition) is 3. The zero-order valence-electron chi connectivity index (χ0n) is 11.9. The van der Waals surface area contributed by atoms with Crippen molar-refractivity contribution < 1.29 is 9.72 Å². The lowest BCUT2D eigenvalue weighted by Gasteiger charge is -2.37. The maximum absolute atomic E-state index is 12.5. The molecule has 0 unspecified atom stereocenters. The van der Waals surface area contributed by atoms with Crippen molar-refractivity contribution in [1.29, 1.82) is 0 Å². The highest BCUT2D eigenvalue weighted by Crippen LogP contribution is 2.34. The van der Waals surface area contributed by atoms with Crippen molar-refractivity contribution in [3.05, 3.63) is 37.9 Å². The summed E-state index contributed by atoms with van der Waals surface area (Å²) in [6, 6.07) is 2.34. The normalized spacial score (nSPS) is 17.6. The molecular formula is C14H16Cl2N2O3. The molecule has 1 aliphatic heterocycles. The first-order valence-corrected chi connectivity index (χ1v) is 7.39. The number of amides is 1. The molecule has 7 heteroatoms. The van der Waals surface area contributed by atoms with Gasteiger partial charge in [0, 0.05) is 25.2 Å². The third-order valence-corrected chi connectivity index (χ3v) is 4.66. The van der Waals surface area contributed by atoms with E-state index in [4.69, 9.17) is 23.2 Å². The molecule has 0 spiro atoms. The van der Waals surface area contributed by atoms with Gasteiger partial charge in [-0.3, -0.25) is 14.9 Å². The average Bonchev–Trinajstić information content (AvgIpc) is 2.40. The van der Waals surface area contributed by atoms with Crippen LogP contribution in [0.5, 0.6) is 0 Å². The van der Waals surface area contributed by atoms with Crippen LogP contribution in [0.3, 0.4) is 0 Å². The van der Waals surface area contributed by atoms with Crippen molar-refractivity contribution in [2.24, 2.45) is 5.41 Å². The number of nitro benzene ring substituents is 1. The number of rotatable bonds is 2. The van der Waals surface area contributed by atoms with Gasteiger partial charge in [-0.2, -0.15) is 0 Å². The molecule has 0 aromatic heterocycles. The molecule has 0 N–H and O–H groups in total. The number of nitro groups is 1. The van der Waals surface area contributed by atoms with Gasteiger partial charge >= 0.3 is 0 Å². The van der Waals surface area contributed by atoms with Gasteiger partial charge in [0.05, 0.1) is 20.5 Å². The first-order valence-electron chi connectivity index (χ1n) is 6.64. The van der Waals surface area contributed by atoms with Crippen LogP contribution in [0.4, 0.5) is 5.69 Å². The molecule has 0 atom stereocenters. The molecule has 2 rings (SSSR count). The third-order valence-electron chi connectivity index (χ3n) is 3.86. The Morgan fingerprint density at radius 1 is 1.29 bits per heavy atom. The van der Waals surface area contributed by atoms with Crippen LogP contribution in [0, 0.1) is 15.5 Å². The monoisotopic (exact) mass is 330 g/mol. The van der Waals surface area contributed by atoms with Crippen LogP contribution < -0.4 is 0 Å². The summed E-state index contributed by atoms with van der Waals surface area (Å²) in [7, 11) is 0. The number of hydrogen-bond donors (Lipinski definition) is 0. The molecule has 1 saturated heterocycles. The molecule has 114 valence electrons. The largest absolute Gasteiger partial charge is 0.339 e. The topological polar surface area (TPSA) is 63.5 Å². The maximum atomic E-state index is 12.5. The summed E-state index contributed by atoms with van der Waals surface area (Å²) < 4.78 is 0. The van der Waals surface area contributed by atoms with Crippen molar-refractivity contribution >= 4 is 34.8 Å². The molecule has 1 aliphatic rings. The summed E-state index contributed by atoms with van der Waals surface area (Å²) in [5, 5.41) is 11.0. The molecule has 5 nitrogen and oxygen atoms in total. The van der Waals surface area contributed by atoms with E-state index in [1.165, 1.54) is 6.07 Å². The highest BCUT2D eigenvalue weighted by atomic mass is 35.5. The second kappa shape index (κ2) is 5.81. The number of likely N-dealkylation sites (tertiary alicyclic amines) is 1. The fourth-order valence-electron chi connectivity index (χ4n) is 2.32. The van der Waals surface area contributed by atoms with Gasteiger partial charge in [-0.25, -0.2) is 0 Å². The fourth-order valence-corrected chi connectivity index (χ4v) is 2.72. The quantitative estimate of drug-likeness (QED) is 0.604. The van der Waals surface area contributed by atoms with Crippen molar-refractivity contribution in [1.82, 2.24) is 4.90 Å². The van der Waals surface area contributed by atoms with Crippen LogP contribution in [0.1, 0.15) is 37.0 Å². The molecule has 1 aromatic rings. The lowest BCUT2D eigenvalue weighted by atomic mass is 9.82. The molecule has 1 amide bonds. The number of piperidine rings is 1. The summed E-state index contributed by atoms with van der Waals surface area (Å²) in [5.41, 5.74) is 0.0710. The van der Waals surface area contributed by atoms with Crippen molar-refractivity contribution in [3.63, 3.8) is 0 Å². The SMILES string of the molecule is CC1(C)CCN(C(=O)c2cc([N+](=O)[O-])cc(Cl)c2Cl)CC1. The van der Waals surface area contributed by atoms with Crippen LogP contribution in [0.15, 0.2) is 12.1 Å². The van der Waals surface area contributed by atoms with E-state index in [1.54, 1.807) is 4.90 Å². The zero-order chi connectivity index (χ0) is 15.8. The summed E-state index contributed by atoms with van der Waals surface area (Å²) in [4.78, 5) is 24.5. The third kappa shape index (κ3) is 3.47. The van der Waals surface area contributed by atoms with Gasteiger partial charge < -0.3 is 4.90 Å². The van der Waals surface area contributed by atoms with Gasteiger partial charge in [0.25, 0.3) is 11.6 Å². The summed E-state index contributed by atoms with van der Waals surface area (Å²) in [5.74, 6) is -0.305. The lowest BCUT2D eigenvalue weighted by molar-refractivity contribution is -0.384. The van der Waals surface area contributed by atoms with Gasteiger partial charge in [-0.05, 0) is 18.3 Å². The molecular weight excluding hydrogens is 315 g/mol. The first kappa shape index (κ1) is 16.0. The standard InChI is InChI=1S/C14H16Cl2N2O3/c1-14(2)3-5-17(6-4-14)13(19)10-7-9(18(20)21)8-11(15)12(10)16/h7-8H,3-6H2,1-2H3. The number of non-ortho nitro benzene ring substituents is 1. The maximum Gasteiger partial charge on any atom is 0.271 e. The summed E-state index contributed by atoms with van der Waals surface area (Å²) >= 11 is 11.9. The van der Waals surface area contributed by atoms with Crippen LogP contribution in [0.2, 0.25) is 10.0 Å². The van der Waals surface area contributed by atoms with Gasteiger partial charge in [-0.15, -0.1) is 0 Å². The molecule has 0 aliphatic carbocycles. The van der Waals surface area contributed by atoms with Crippen LogP contribution in [-0.4, -0.2) is 28.8 Å². The Kier molecular flexibility index (Phi) is 4.44. The second-order valence-corrected chi connectivity index (χ2v) is 6.79. The van der Waals surface area contributed by atoms with Crippen LogP contribution in [-0.2, 0) is 0 Å². The molecule has 0 radical (unpaired) electrons. The second-order valence-electron chi connectivity index (χ2n) is 6.00. The van der Waals surface area contributed by atoms with E-state index in [0.29, 0.717) is 13.1 Å². The molecule has 21 heavy (non-hydrogen) atoms. The Bertz CT molecular complexity index is 592. The Hall–Kier alpha value is -1.33. The minimum Gasteiger partial charge on any atom is -0.339 e. The van der Waals surface area contributed by atoms with E-state index in [0.717, 1.165) is 18.9 Å². The van der Waals surface area contributed by atoms with E-state index >= 15 is 0 Å². The highest BCUT2D eigenvalue weighted by Gasteiger charge is 2.30. The lowest BCUT2D eigenvalue weighted by Crippen LogP contribution is -2.41. The predicted octanol–water partition coefficient (Wildman–Crippen LogP) is 4.16. The van der Waals surface area contributed by atoms with Crippen molar-refractivity contribution in [2.45, 2.75) is 26.7 Å². The van der Waals surface area contributed by atoms with E-state index < -0.39 is 4.92 Å². The minimum atomic E-state index is -0.585. The Labute approximate surface area is 133 Å². The van der Waals surface area contributed by atoms with Crippen molar-refractivity contribution in [2.75, 3.05) is 13.1 Å². The number of carbonyl (C=O) groups is 1. The Morgan fingerprint density at radius 3 is 2.38 bits per heavy atom. The van der Waals surface area contributed by atoms with Gasteiger partial charge in [0.2, 0.25) is 0 Å². The number of carbonyl (C=O) groups excluding carboxylic acids is 1. The number of benzene rings is 1. The van der Waals surface area contributed by atoms with Gasteiger partial charge in [0.1, 0.15) is 0 Å². The number of halogens is 2. The first-order chi connectivity index (χ1) is 9.71. The fraction of sp³-hybridized carbons (Fsp3) is 0.500. The van der Waals surface area contributed by atoms with Crippen molar-refractivity contribution in [3.8, 4) is 0 Å². The van der Waals surface area contributed by atoms with Crippen LogP contribution >= 0.6 is 23.2 Å². The molecule has 0 saturated carbocycles. The minimum absolute atomic E-state index is 0.0200. The summed E-state index contributed by atoms with van der Waals surface area (Å²) in [6.07, 6.45) is 1.78. The average molecular weight is 331 g/mol. The van der Waals surface area contributed by atoms with Crippen LogP contribution in [0.25, 0.3) is 0 Å². The summed E-state index contributed by atoms with van der Waals surface area (Å²) in [6.45, 7) is 5.54. The molecule has 0 bridgehead atoms. The Balaban J connectivity index is 2.29. The predicted molar refractivity (Wildman–Crippen MR) is 82.0 cm³/mol. The van der Waals surface area contributed by atoms with Gasteiger partial charge in [-0.1, -0.05) is 37.0 Å². The smallest absolute Gasteiger partial charge is 0.271 e.